The van der Waals surface area contributed by atoms with Gasteiger partial charge in [-0.15, -0.1) is 0 Å². The maximum Gasteiger partial charge on any atom is 0.223 e. The van der Waals surface area contributed by atoms with E-state index in [0.717, 1.165) is 22.5 Å². The molecular formula is C21H20F2N2O2. The van der Waals surface area contributed by atoms with Gasteiger partial charge in [-0.05, 0) is 23.3 Å². The number of H-pyrrole nitrogens is 1. The Hall–Kier alpha value is -2.73. The second-order valence-corrected chi connectivity index (χ2v) is 6.71. The second kappa shape index (κ2) is 7.48. The number of hydrogen-bond acceptors (Lipinski definition) is 2. The van der Waals surface area contributed by atoms with Crippen LogP contribution in [0.25, 0.3) is 10.9 Å². The molecule has 4 nitrogen and oxygen atoms in total. The predicted octanol–water partition coefficient (Wildman–Crippen LogP) is 3.83. The Kier molecular flexibility index (Phi) is 4.90. The topological polar surface area (TPSA) is 45.3 Å². The van der Waals surface area contributed by atoms with E-state index >= 15 is 0 Å². The molecule has 1 amide bonds. The van der Waals surface area contributed by atoms with Crippen LogP contribution in [-0.4, -0.2) is 42.1 Å². The van der Waals surface area contributed by atoms with Gasteiger partial charge in [0, 0.05) is 48.6 Å². The normalized spacial score (nSPS) is 15.9. The SMILES string of the molecule is O=C(CC(c1ccc(F)cc1F)c1c[nH]c2ccccc12)N1CCOCC1. The number of para-hydroxylation sites is 1. The van der Waals surface area contributed by atoms with Crippen molar-refractivity contribution in [3.63, 3.8) is 0 Å². The van der Waals surface area contributed by atoms with E-state index in [0.29, 0.717) is 31.9 Å². The Morgan fingerprint density at radius 1 is 1.11 bits per heavy atom. The van der Waals surface area contributed by atoms with Gasteiger partial charge in [-0.3, -0.25) is 4.79 Å². The maximum atomic E-state index is 14.6. The molecule has 0 spiro atoms. The molecule has 1 aromatic heterocycles. The van der Waals surface area contributed by atoms with Crippen molar-refractivity contribution in [2.45, 2.75) is 12.3 Å². The first kappa shape index (κ1) is 17.7. The highest BCUT2D eigenvalue weighted by molar-refractivity contribution is 5.86. The maximum absolute atomic E-state index is 14.6. The molecular weight excluding hydrogens is 350 g/mol. The number of hydrogen-bond donors (Lipinski definition) is 1. The lowest BCUT2D eigenvalue weighted by molar-refractivity contribution is -0.135. The van der Waals surface area contributed by atoms with Gasteiger partial charge in [0.15, 0.2) is 0 Å². The van der Waals surface area contributed by atoms with Gasteiger partial charge in [0.05, 0.1) is 13.2 Å². The summed E-state index contributed by atoms with van der Waals surface area (Å²) in [6.07, 6.45) is 1.93. The minimum atomic E-state index is -0.639. The Bertz CT molecular complexity index is 964. The number of halogens is 2. The smallest absolute Gasteiger partial charge is 0.223 e. The summed E-state index contributed by atoms with van der Waals surface area (Å²) < 4.78 is 33.3. The number of benzene rings is 2. The number of ether oxygens (including phenoxy) is 1. The molecule has 0 aliphatic carbocycles. The molecule has 0 radical (unpaired) electrons. The van der Waals surface area contributed by atoms with Gasteiger partial charge in [-0.25, -0.2) is 8.78 Å². The molecule has 27 heavy (non-hydrogen) atoms. The number of amides is 1. The summed E-state index contributed by atoms with van der Waals surface area (Å²) >= 11 is 0. The first-order chi connectivity index (χ1) is 13.1. The average Bonchev–Trinajstić information content (AvgIpc) is 3.11. The van der Waals surface area contributed by atoms with E-state index in [-0.39, 0.29) is 12.3 Å². The highest BCUT2D eigenvalue weighted by Gasteiger charge is 2.27. The molecule has 140 valence electrons. The molecule has 4 rings (SSSR count). The van der Waals surface area contributed by atoms with Crippen LogP contribution in [0.1, 0.15) is 23.5 Å². The van der Waals surface area contributed by atoms with Crippen molar-refractivity contribution < 1.29 is 18.3 Å². The molecule has 0 bridgehead atoms. The third-order valence-electron chi connectivity index (χ3n) is 5.08. The number of carbonyl (C=O) groups is 1. The first-order valence-electron chi connectivity index (χ1n) is 9.00. The van der Waals surface area contributed by atoms with Crippen molar-refractivity contribution in [1.82, 2.24) is 9.88 Å². The molecule has 0 saturated carbocycles. The van der Waals surface area contributed by atoms with Gasteiger partial charge < -0.3 is 14.6 Å². The van der Waals surface area contributed by atoms with E-state index in [1.807, 2.05) is 30.5 Å². The van der Waals surface area contributed by atoms with Crippen molar-refractivity contribution in [2.75, 3.05) is 26.3 Å². The summed E-state index contributed by atoms with van der Waals surface area (Å²) in [5.41, 5.74) is 2.07. The molecule has 1 aliphatic rings. The summed E-state index contributed by atoms with van der Waals surface area (Å²) in [5.74, 6) is -1.83. The number of aromatic amines is 1. The van der Waals surface area contributed by atoms with Crippen molar-refractivity contribution >= 4 is 16.8 Å². The van der Waals surface area contributed by atoms with E-state index in [9.17, 15) is 13.6 Å². The summed E-state index contributed by atoms with van der Waals surface area (Å²) in [6, 6.07) is 11.2. The van der Waals surface area contributed by atoms with Crippen LogP contribution in [0.2, 0.25) is 0 Å². The summed E-state index contributed by atoms with van der Waals surface area (Å²) in [4.78, 5) is 17.8. The van der Waals surface area contributed by atoms with E-state index in [1.165, 1.54) is 12.1 Å². The number of carbonyl (C=O) groups excluding carboxylic acids is 1. The molecule has 1 fully saturated rings. The highest BCUT2D eigenvalue weighted by atomic mass is 19.1. The molecule has 2 heterocycles. The lowest BCUT2D eigenvalue weighted by Gasteiger charge is -2.28. The van der Waals surface area contributed by atoms with Crippen LogP contribution >= 0.6 is 0 Å². The van der Waals surface area contributed by atoms with Gasteiger partial charge in [-0.1, -0.05) is 24.3 Å². The minimum absolute atomic E-state index is 0.0580. The number of morpholine rings is 1. The second-order valence-electron chi connectivity index (χ2n) is 6.71. The minimum Gasteiger partial charge on any atom is -0.378 e. The van der Waals surface area contributed by atoms with Crippen LogP contribution in [0.5, 0.6) is 0 Å². The van der Waals surface area contributed by atoms with Gasteiger partial charge in [0.25, 0.3) is 0 Å². The largest absolute Gasteiger partial charge is 0.378 e. The average molecular weight is 370 g/mol. The van der Waals surface area contributed by atoms with E-state index in [4.69, 9.17) is 4.74 Å². The van der Waals surface area contributed by atoms with E-state index < -0.39 is 17.6 Å². The summed E-state index contributed by atoms with van der Waals surface area (Å²) in [5, 5.41) is 0.931. The van der Waals surface area contributed by atoms with Gasteiger partial charge in [0.2, 0.25) is 5.91 Å². The van der Waals surface area contributed by atoms with Crippen molar-refractivity contribution in [3.05, 3.63) is 71.4 Å². The molecule has 2 aromatic carbocycles. The van der Waals surface area contributed by atoms with Crippen molar-refractivity contribution in [3.8, 4) is 0 Å². The fraction of sp³-hybridized carbons (Fsp3) is 0.286. The van der Waals surface area contributed by atoms with Gasteiger partial charge >= 0.3 is 0 Å². The quantitative estimate of drug-likeness (QED) is 0.759. The van der Waals surface area contributed by atoms with Crippen molar-refractivity contribution in [2.24, 2.45) is 0 Å². The van der Waals surface area contributed by atoms with Gasteiger partial charge in [-0.2, -0.15) is 0 Å². The number of nitrogens with one attached hydrogen (secondary N) is 1. The third-order valence-corrected chi connectivity index (χ3v) is 5.08. The summed E-state index contributed by atoms with van der Waals surface area (Å²) in [7, 11) is 0. The number of aromatic nitrogens is 1. The van der Waals surface area contributed by atoms with Crippen LogP contribution in [0.3, 0.4) is 0 Å². The lowest BCUT2D eigenvalue weighted by atomic mass is 9.87. The molecule has 1 saturated heterocycles. The van der Waals surface area contributed by atoms with Crippen LogP contribution in [0.4, 0.5) is 8.78 Å². The number of nitrogens with zero attached hydrogens (tertiary/aromatic N) is 1. The van der Waals surface area contributed by atoms with Crippen molar-refractivity contribution in [1.29, 1.82) is 0 Å². The predicted molar refractivity (Wildman–Crippen MR) is 98.5 cm³/mol. The fourth-order valence-corrected chi connectivity index (χ4v) is 3.67. The zero-order chi connectivity index (χ0) is 18.8. The molecule has 1 N–H and O–H groups in total. The van der Waals surface area contributed by atoms with Crippen LogP contribution in [-0.2, 0) is 9.53 Å². The van der Waals surface area contributed by atoms with Crippen LogP contribution in [0.15, 0.2) is 48.7 Å². The molecule has 3 aromatic rings. The fourth-order valence-electron chi connectivity index (χ4n) is 3.67. The lowest BCUT2D eigenvalue weighted by Crippen LogP contribution is -2.41. The van der Waals surface area contributed by atoms with Crippen LogP contribution < -0.4 is 0 Å². The Balaban J connectivity index is 1.74. The Labute approximate surface area is 155 Å². The monoisotopic (exact) mass is 370 g/mol. The Morgan fingerprint density at radius 3 is 2.67 bits per heavy atom. The Morgan fingerprint density at radius 2 is 1.89 bits per heavy atom. The molecule has 6 heteroatoms. The van der Waals surface area contributed by atoms with Gasteiger partial charge in [0.1, 0.15) is 11.6 Å². The first-order valence-corrected chi connectivity index (χ1v) is 9.00. The highest BCUT2D eigenvalue weighted by Crippen LogP contribution is 2.35. The van der Waals surface area contributed by atoms with Crippen LogP contribution in [0, 0.1) is 11.6 Å². The zero-order valence-electron chi connectivity index (χ0n) is 14.8. The zero-order valence-corrected chi connectivity index (χ0v) is 14.8. The third kappa shape index (κ3) is 3.57. The molecule has 1 unspecified atom stereocenters. The standard InChI is InChI=1S/C21H20F2N2O2/c22-14-5-6-15(19(23)11-14)17(12-21(26)25-7-9-27-10-8-25)18-13-24-20-4-2-1-3-16(18)20/h1-6,11,13,17,24H,7-10,12H2. The molecule has 1 aliphatic heterocycles. The summed E-state index contributed by atoms with van der Waals surface area (Å²) in [6.45, 7) is 2.08. The number of fused-ring (bicyclic) bond motifs is 1. The van der Waals surface area contributed by atoms with E-state index in [2.05, 4.69) is 4.98 Å². The molecule has 1 atom stereocenters. The number of rotatable bonds is 4. The van der Waals surface area contributed by atoms with E-state index in [1.54, 1.807) is 4.90 Å².